The second kappa shape index (κ2) is 9.75. The van der Waals surface area contributed by atoms with Gasteiger partial charge < -0.3 is 10.1 Å². The van der Waals surface area contributed by atoms with E-state index in [0.717, 1.165) is 24.8 Å². The molecule has 1 aromatic carbocycles. The van der Waals surface area contributed by atoms with E-state index < -0.39 is 0 Å². The Hall–Kier alpha value is -2.10. The number of hydrogen-bond acceptors (Lipinski definition) is 3. The fraction of sp³-hybridized carbons (Fsp3) is 0.412. The average molecular weight is 289 g/mol. The summed E-state index contributed by atoms with van der Waals surface area (Å²) in [6, 6.07) is 9.75. The van der Waals surface area contributed by atoms with Gasteiger partial charge in [0.15, 0.2) is 0 Å². The van der Waals surface area contributed by atoms with E-state index in [0.29, 0.717) is 18.5 Å². The minimum Gasteiger partial charge on any atom is -0.469 e. The van der Waals surface area contributed by atoms with Gasteiger partial charge in [-0.05, 0) is 31.4 Å². The number of ether oxygens (including phenoxy) is 1. The van der Waals surface area contributed by atoms with E-state index in [9.17, 15) is 9.59 Å². The molecule has 0 heterocycles. The van der Waals surface area contributed by atoms with Crippen LogP contribution in [0.1, 0.15) is 38.2 Å². The lowest BCUT2D eigenvalue weighted by molar-refractivity contribution is -0.140. The van der Waals surface area contributed by atoms with Crippen molar-refractivity contribution in [2.75, 3.05) is 13.7 Å². The molecule has 1 aromatic rings. The number of unbranched alkanes of at least 4 members (excludes halogenated alkanes) is 2. The number of rotatable bonds is 8. The van der Waals surface area contributed by atoms with Crippen molar-refractivity contribution in [1.29, 1.82) is 0 Å². The molecule has 0 aliphatic heterocycles. The number of methoxy groups -OCH3 is 1. The van der Waals surface area contributed by atoms with E-state index in [1.807, 2.05) is 36.4 Å². The standard InChI is InChI=1S/C17H23NO3/c1-14(13-15-9-5-3-6-10-15)17(20)18-12-8-4-7-11-16(19)21-2/h3,5-6,9-10,13H,4,7-8,11-12H2,1-2H3,(H,18,20)/b14-13+. The van der Waals surface area contributed by atoms with Crippen LogP contribution in [0.25, 0.3) is 6.08 Å². The summed E-state index contributed by atoms with van der Waals surface area (Å²) < 4.78 is 4.57. The molecule has 0 radical (unpaired) electrons. The predicted octanol–water partition coefficient (Wildman–Crippen LogP) is 2.94. The van der Waals surface area contributed by atoms with E-state index >= 15 is 0 Å². The van der Waals surface area contributed by atoms with Crippen LogP contribution in [0.15, 0.2) is 35.9 Å². The van der Waals surface area contributed by atoms with E-state index in [1.165, 1.54) is 7.11 Å². The highest BCUT2D eigenvalue weighted by molar-refractivity contribution is 5.97. The van der Waals surface area contributed by atoms with Crippen molar-refractivity contribution >= 4 is 18.0 Å². The van der Waals surface area contributed by atoms with Gasteiger partial charge in [-0.25, -0.2) is 0 Å². The van der Waals surface area contributed by atoms with Crippen LogP contribution in [-0.2, 0) is 14.3 Å². The Morgan fingerprint density at radius 2 is 1.86 bits per heavy atom. The van der Waals surface area contributed by atoms with Crippen molar-refractivity contribution in [2.24, 2.45) is 0 Å². The highest BCUT2D eigenvalue weighted by Crippen LogP contribution is 2.06. The second-order valence-electron chi connectivity index (χ2n) is 4.88. The first-order chi connectivity index (χ1) is 10.1. The van der Waals surface area contributed by atoms with Gasteiger partial charge in [-0.1, -0.05) is 36.8 Å². The van der Waals surface area contributed by atoms with Crippen LogP contribution in [0.4, 0.5) is 0 Å². The number of benzene rings is 1. The average Bonchev–Trinajstić information content (AvgIpc) is 2.51. The van der Waals surface area contributed by atoms with E-state index in [2.05, 4.69) is 10.1 Å². The molecule has 0 aliphatic rings. The van der Waals surface area contributed by atoms with Crippen LogP contribution in [0.3, 0.4) is 0 Å². The maximum absolute atomic E-state index is 11.9. The summed E-state index contributed by atoms with van der Waals surface area (Å²) >= 11 is 0. The zero-order valence-electron chi connectivity index (χ0n) is 12.7. The van der Waals surface area contributed by atoms with Gasteiger partial charge >= 0.3 is 5.97 Å². The van der Waals surface area contributed by atoms with Crippen molar-refractivity contribution in [3.05, 3.63) is 41.5 Å². The van der Waals surface area contributed by atoms with Crippen LogP contribution in [-0.4, -0.2) is 25.5 Å². The van der Waals surface area contributed by atoms with Crippen LogP contribution >= 0.6 is 0 Å². The Kier molecular flexibility index (Phi) is 7.87. The van der Waals surface area contributed by atoms with Crippen LogP contribution in [0.2, 0.25) is 0 Å². The second-order valence-corrected chi connectivity index (χ2v) is 4.88. The molecule has 1 rings (SSSR count). The zero-order chi connectivity index (χ0) is 15.5. The molecule has 0 unspecified atom stereocenters. The van der Waals surface area contributed by atoms with Crippen LogP contribution in [0, 0.1) is 0 Å². The molecule has 0 spiro atoms. The molecule has 0 saturated heterocycles. The molecule has 21 heavy (non-hydrogen) atoms. The summed E-state index contributed by atoms with van der Waals surface area (Å²) in [6.07, 6.45) is 4.86. The smallest absolute Gasteiger partial charge is 0.305 e. The van der Waals surface area contributed by atoms with Crippen LogP contribution in [0.5, 0.6) is 0 Å². The first-order valence-electron chi connectivity index (χ1n) is 7.22. The van der Waals surface area contributed by atoms with Gasteiger partial charge in [-0.15, -0.1) is 0 Å². The third-order valence-electron chi connectivity index (χ3n) is 3.11. The summed E-state index contributed by atoms with van der Waals surface area (Å²) in [4.78, 5) is 22.8. The Labute approximate surface area is 126 Å². The molecule has 1 amide bonds. The van der Waals surface area contributed by atoms with Gasteiger partial charge in [0.2, 0.25) is 5.91 Å². The van der Waals surface area contributed by atoms with Crippen molar-refractivity contribution in [3.8, 4) is 0 Å². The van der Waals surface area contributed by atoms with E-state index in [-0.39, 0.29) is 11.9 Å². The lowest BCUT2D eigenvalue weighted by Gasteiger charge is -2.05. The summed E-state index contributed by atoms with van der Waals surface area (Å²) in [7, 11) is 1.39. The Morgan fingerprint density at radius 1 is 1.14 bits per heavy atom. The monoisotopic (exact) mass is 289 g/mol. The third kappa shape index (κ3) is 7.30. The quantitative estimate of drug-likeness (QED) is 0.455. The number of carbonyl (C=O) groups is 2. The zero-order valence-corrected chi connectivity index (χ0v) is 12.7. The number of hydrogen-bond donors (Lipinski definition) is 1. The third-order valence-corrected chi connectivity index (χ3v) is 3.11. The first-order valence-corrected chi connectivity index (χ1v) is 7.22. The summed E-state index contributed by atoms with van der Waals surface area (Å²) in [5.74, 6) is -0.229. The lowest BCUT2D eigenvalue weighted by atomic mass is 10.1. The minimum atomic E-state index is -0.180. The maximum Gasteiger partial charge on any atom is 0.305 e. The number of nitrogens with one attached hydrogen (secondary N) is 1. The fourth-order valence-corrected chi connectivity index (χ4v) is 1.88. The normalized spacial score (nSPS) is 11.0. The van der Waals surface area contributed by atoms with Gasteiger partial charge in [-0.3, -0.25) is 9.59 Å². The molecular formula is C17H23NO3. The van der Waals surface area contributed by atoms with Gasteiger partial charge in [0.05, 0.1) is 7.11 Å². The molecule has 0 aliphatic carbocycles. The molecule has 0 aromatic heterocycles. The number of carbonyl (C=O) groups excluding carboxylic acids is 2. The topological polar surface area (TPSA) is 55.4 Å². The largest absolute Gasteiger partial charge is 0.469 e. The fourth-order valence-electron chi connectivity index (χ4n) is 1.88. The van der Waals surface area contributed by atoms with Gasteiger partial charge in [0, 0.05) is 18.5 Å². The van der Waals surface area contributed by atoms with E-state index in [1.54, 1.807) is 6.92 Å². The molecule has 1 N–H and O–H groups in total. The molecule has 0 fully saturated rings. The summed E-state index contributed by atoms with van der Waals surface area (Å²) in [5, 5.41) is 2.88. The first kappa shape index (κ1) is 17.0. The molecule has 114 valence electrons. The number of amides is 1. The lowest BCUT2D eigenvalue weighted by Crippen LogP contribution is -2.25. The SMILES string of the molecule is COC(=O)CCCCCNC(=O)/C(C)=C/c1ccccc1. The van der Waals surface area contributed by atoms with Crippen molar-refractivity contribution < 1.29 is 14.3 Å². The molecule has 4 heteroatoms. The molecule has 0 bridgehead atoms. The maximum atomic E-state index is 11.9. The summed E-state index contributed by atoms with van der Waals surface area (Å²) in [6.45, 7) is 2.43. The molecule has 0 saturated carbocycles. The minimum absolute atomic E-state index is 0.0492. The van der Waals surface area contributed by atoms with Crippen molar-refractivity contribution in [2.45, 2.75) is 32.6 Å². The van der Waals surface area contributed by atoms with Gasteiger partial charge in [0.1, 0.15) is 0 Å². The van der Waals surface area contributed by atoms with Crippen LogP contribution < -0.4 is 5.32 Å². The molecular weight excluding hydrogens is 266 g/mol. The predicted molar refractivity (Wildman–Crippen MR) is 83.6 cm³/mol. The van der Waals surface area contributed by atoms with E-state index in [4.69, 9.17) is 0 Å². The van der Waals surface area contributed by atoms with Crippen molar-refractivity contribution in [3.63, 3.8) is 0 Å². The highest BCUT2D eigenvalue weighted by atomic mass is 16.5. The Morgan fingerprint density at radius 3 is 2.52 bits per heavy atom. The summed E-state index contributed by atoms with van der Waals surface area (Å²) in [5.41, 5.74) is 1.71. The molecule has 4 nitrogen and oxygen atoms in total. The highest BCUT2D eigenvalue weighted by Gasteiger charge is 2.04. The van der Waals surface area contributed by atoms with Crippen molar-refractivity contribution in [1.82, 2.24) is 5.32 Å². The Bertz CT molecular complexity index is 480. The van der Waals surface area contributed by atoms with Gasteiger partial charge in [0.25, 0.3) is 0 Å². The number of esters is 1. The van der Waals surface area contributed by atoms with Gasteiger partial charge in [-0.2, -0.15) is 0 Å². The molecule has 0 atom stereocenters. The Balaban J connectivity index is 2.22.